The van der Waals surface area contributed by atoms with Gasteiger partial charge in [-0.05, 0) is 56.6 Å². The first-order chi connectivity index (χ1) is 11.8. The first-order valence-corrected chi connectivity index (χ1v) is 9.04. The highest BCUT2D eigenvalue weighted by molar-refractivity contribution is 5.75. The summed E-state index contributed by atoms with van der Waals surface area (Å²) in [5.74, 6) is 1.73. The Hall–Kier alpha value is -1.75. The summed E-state index contributed by atoms with van der Waals surface area (Å²) in [6.07, 6.45) is 6.50. The number of carbonyl (C=O) groups excluding carboxylic acids is 1. The number of carbonyl (C=O) groups is 1. The molecule has 0 aliphatic carbocycles. The standard InChI is InChI=1S/C19H30N2O3/c1-23-17-8-10-18(11-9-17)24-16-6-7-19(22)20-12-15-21-13-4-2-3-5-14-21/h8-11H,2-7,12-16H2,1H3,(H,20,22). The van der Waals surface area contributed by atoms with Gasteiger partial charge in [0.1, 0.15) is 11.5 Å². The minimum Gasteiger partial charge on any atom is -0.497 e. The van der Waals surface area contributed by atoms with Crippen LogP contribution in [0, 0.1) is 0 Å². The van der Waals surface area contributed by atoms with Gasteiger partial charge in [0, 0.05) is 19.5 Å². The number of hydrogen-bond donors (Lipinski definition) is 1. The highest BCUT2D eigenvalue weighted by Crippen LogP contribution is 2.17. The predicted octanol–water partition coefficient (Wildman–Crippen LogP) is 2.85. The van der Waals surface area contributed by atoms with Crippen LogP contribution >= 0.6 is 0 Å². The highest BCUT2D eigenvalue weighted by atomic mass is 16.5. The van der Waals surface area contributed by atoms with Crippen LogP contribution in [0.25, 0.3) is 0 Å². The molecule has 1 heterocycles. The van der Waals surface area contributed by atoms with Crippen molar-refractivity contribution < 1.29 is 14.3 Å². The quantitative estimate of drug-likeness (QED) is 0.706. The van der Waals surface area contributed by atoms with Gasteiger partial charge in [0.15, 0.2) is 0 Å². The summed E-state index contributed by atoms with van der Waals surface area (Å²) in [4.78, 5) is 14.3. The molecule has 0 aromatic heterocycles. The molecule has 1 saturated heterocycles. The number of amides is 1. The number of methoxy groups -OCH3 is 1. The minimum absolute atomic E-state index is 0.114. The van der Waals surface area contributed by atoms with Crippen molar-refractivity contribution in [1.82, 2.24) is 10.2 Å². The van der Waals surface area contributed by atoms with Crippen molar-refractivity contribution in [3.8, 4) is 11.5 Å². The van der Waals surface area contributed by atoms with Crippen LogP contribution in [0.15, 0.2) is 24.3 Å². The topological polar surface area (TPSA) is 50.8 Å². The molecular formula is C19H30N2O3. The largest absolute Gasteiger partial charge is 0.497 e. The van der Waals surface area contributed by atoms with E-state index in [1.54, 1.807) is 7.11 Å². The van der Waals surface area contributed by atoms with Crippen LogP contribution in [0.1, 0.15) is 38.5 Å². The van der Waals surface area contributed by atoms with Gasteiger partial charge in [-0.2, -0.15) is 0 Å². The Bertz CT molecular complexity index is 468. The van der Waals surface area contributed by atoms with E-state index in [1.807, 2.05) is 24.3 Å². The molecule has 1 fully saturated rings. The van der Waals surface area contributed by atoms with Gasteiger partial charge in [-0.15, -0.1) is 0 Å². The maximum atomic E-state index is 11.8. The van der Waals surface area contributed by atoms with E-state index in [-0.39, 0.29) is 5.91 Å². The van der Waals surface area contributed by atoms with Crippen LogP contribution in [-0.4, -0.2) is 50.7 Å². The average Bonchev–Trinajstić information content (AvgIpc) is 2.88. The Morgan fingerprint density at radius 2 is 1.75 bits per heavy atom. The molecule has 134 valence electrons. The van der Waals surface area contributed by atoms with Crippen LogP contribution in [0.2, 0.25) is 0 Å². The van der Waals surface area contributed by atoms with Gasteiger partial charge in [-0.1, -0.05) is 12.8 Å². The lowest BCUT2D eigenvalue weighted by Gasteiger charge is -2.19. The van der Waals surface area contributed by atoms with Crippen molar-refractivity contribution in [2.24, 2.45) is 0 Å². The molecule has 5 heteroatoms. The number of rotatable bonds is 9. The molecule has 0 spiro atoms. The van der Waals surface area contributed by atoms with Crippen molar-refractivity contribution in [2.45, 2.75) is 38.5 Å². The lowest BCUT2D eigenvalue weighted by Crippen LogP contribution is -2.35. The number of benzene rings is 1. The first-order valence-electron chi connectivity index (χ1n) is 9.04. The van der Waals surface area contributed by atoms with Gasteiger partial charge in [-0.3, -0.25) is 4.79 Å². The summed E-state index contributed by atoms with van der Waals surface area (Å²) < 4.78 is 10.7. The molecule has 0 bridgehead atoms. The van der Waals surface area contributed by atoms with Crippen molar-refractivity contribution in [3.63, 3.8) is 0 Å². The molecule has 5 nitrogen and oxygen atoms in total. The molecule has 2 rings (SSSR count). The fourth-order valence-corrected chi connectivity index (χ4v) is 2.90. The number of likely N-dealkylation sites (tertiary alicyclic amines) is 1. The maximum Gasteiger partial charge on any atom is 0.220 e. The highest BCUT2D eigenvalue weighted by Gasteiger charge is 2.09. The predicted molar refractivity (Wildman–Crippen MR) is 95.6 cm³/mol. The van der Waals surface area contributed by atoms with Crippen LogP contribution < -0.4 is 14.8 Å². The zero-order chi connectivity index (χ0) is 17.0. The van der Waals surface area contributed by atoms with Gasteiger partial charge in [-0.25, -0.2) is 0 Å². The van der Waals surface area contributed by atoms with E-state index in [9.17, 15) is 4.79 Å². The molecule has 1 aliphatic rings. The van der Waals surface area contributed by atoms with Crippen molar-refractivity contribution in [3.05, 3.63) is 24.3 Å². The van der Waals surface area contributed by atoms with Crippen LogP contribution in [-0.2, 0) is 4.79 Å². The molecule has 1 aromatic carbocycles. The average molecular weight is 334 g/mol. The molecule has 0 saturated carbocycles. The number of ether oxygens (including phenoxy) is 2. The summed E-state index contributed by atoms with van der Waals surface area (Å²) >= 11 is 0. The van der Waals surface area contributed by atoms with Crippen LogP contribution in [0.4, 0.5) is 0 Å². The maximum absolute atomic E-state index is 11.8. The lowest BCUT2D eigenvalue weighted by molar-refractivity contribution is -0.121. The second kappa shape index (κ2) is 10.9. The third-order valence-electron chi connectivity index (χ3n) is 4.33. The monoisotopic (exact) mass is 334 g/mol. The van der Waals surface area contributed by atoms with Crippen molar-refractivity contribution >= 4 is 5.91 Å². The van der Waals surface area contributed by atoms with E-state index in [2.05, 4.69) is 10.2 Å². The fraction of sp³-hybridized carbons (Fsp3) is 0.632. The van der Waals surface area contributed by atoms with Crippen LogP contribution in [0.3, 0.4) is 0 Å². The van der Waals surface area contributed by atoms with Crippen LogP contribution in [0.5, 0.6) is 11.5 Å². The molecule has 0 atom stereocenters. The van der Waals surface area contributed by atoms with Gasteiger partial charge in [0.05, 0.1) is 13.7 Å². The zero-order valence-electron chi connectivity index (χ0n) is 14.8. The van der Waals surface area contributed by atoms with E-state index >= 15 is 0 Å². The summed E-state index contributed by atoms with van der Waals surface area (Å²) in [6, 6.07) is 7.48. The Kier molecular flexibility index (Phi) is 8.46. The number of nitrogens with one attached hydrogen (secondary N) is 1. The van der Waals surface area contributed by atoms with Gasteiger partial charge in [0.2, 0.25) is 5.91 Å². The van der Waals surface area contributed by atoms with Crippen molar-refractivity contribution in [1.29, 1.82) is 0 Å². The van der Waals surface area contributed by atoms with E-state index in [4.69, 9.17) is 9.47 Å². The fourth-order valence-electron chi connectivity index (χ4n) is 2.90. The van der Waals surface area contributed by atoms with Gasteiger partial charge < -0.3 is 19.7 Å². The van der Waals surface area contributed by atoms with E-state index < -0.39 is 0 Å². The minimum atomic E-state index is 0.114. The molecule has 0 radical (unpaired) electrons. The summed E-state index contributed by atoms with van der Waals surface area (Å²) in [7, 11) is 1.64. The Balaban J connectivity index is 1.51. The molecule has 1 N–H and O–H groups in total. The normalized spacial score (nSPS) is 15.5. The third-order valence-corrected chi connectivity index (χ3v) is 4.33. The third kappa shape index (κ3) is 7.21. The van der Waals surface area contributed by atoms with Crippen molar-refractivity contribution in [2.75, 3.05) is 39.9 Å². The second-order valence-electron chi connectivity index (χ2n) is 6.23. The van der Waals surface area contributed by atoms with Gasteiger partial charge in [0.25, 0.3) is 0 Å². The summed E-state index contributed by atoms with van der Waals surface area (Å²) in [6.45, 7) is 4.61. The Labute approximate surface area is 145 Å². The second-order valence-corrected chi connectivity index (χ2v) is 6.23. The summed E-state index contributed by atoms with van der Waals surface area (Å²) in [5, 5.41) is 3.01. The van der Waals surface area contributed by atoms with E-state index in [0.29, 0.717) is 13.0 Å². The number of nitrogens with zero attached hydrogens (tertiary/aromatic N) is 1. The van der Waals surface area contributed by atoms with E-state index in [1.165, 1.54) is 38.8 Å². The Morgan fingerprint density at radius 1 is 1.08 bits per heavy atom. The SMILES string of the molecule is COc1ccc(OCCCC(=O)NCCN2CCCCCC2)cc1. The molecule has 0 unspecified atom stereocenters. The molecule has 24 heavy (non-hydrogen) atoms. The smallest absolute Gasteiger partial charge is 0.220 e. The Morgan fingerprint density at radius 3 is 2.42 bits per heavy atom. The molecule has 1 aliphatic heterocycles. The van der Waals surface area contributed by atoms with Gasteiger partial charge >= 0.3 is 0 Å². The molecule has 1 amide bonds. The van der Waals surface area contributed by atoms with E-state index in [0.717, 1.165) is 31.0 Å². The molecule has 1 aromatic rings. The lowest BCUT2D eigenvalue weighted by atomic mass is 10.2. The zero-order valence-corrected chi connectivity index (χ0v) is 14.8. The first kappa shape index (κ1) is 18.6. The number of hydrogen-bond acceptors (Lipinski definition) is 4. The molecular weight excluding hydrogens is 304 g/mol. The summed E-state index contributed by atoms with van der Waals surface area (Å²) in [5.41, 5.74) is 0.